The maximum Gasteiger partial charge on any atom is 0.213 e. The molecule has 1 heterocycles. The van der Waals surface area contributed by atoms with Gasteiger partial charge in [-0.2, -0.15) is 0 Å². The van der Waals surface area contributed by atoms with Gasteiger partial charge in [0.25, 0.3) is 0 Å². The van der Waals surface area contributed by atoms with E-state index in [1.54, 1.807) is 12.1 Å². The van der Waals surface area contributed by atoms with E-state index >= 15 is 0 Å². The first-order chi connectivity index (χ1) is 14.7. The van der Waals surface area contributed by atoms with Gasteiger partial charge in [-0.15, -0.1) is 0 Å². The summed E-state index contributed by atoms with van der Waals surface area (Å²) < 4.78 is 26.5. The van der Waals surface area contributed by atoms with Crippen LogP contribution in [-0.4, -0.2) is 18.2 Å². The van der Waals surface area contributed by atoms with Gasteiger partial charge in [-0.05, 0) is 48.6 Å². The molecule has 0 aliphatic heterocycles. The number of rotatable bonds is 13. The molecule has 3 nitrogen and oxygen atoms in total. The molecule has 162 valence electrons. The number of nitrogens with zero attached hydrogens (tertiary/aromatic N) is 1. The maximum atomic E-state index is 15.0. The first kappa shape index (κ1) is 22.3. The molecular formula is C26H34FNO2. The van der Waals surface area contributed by atoms with Crippen LogP contribution in [0.5, 0.6) is 11.6 Å². The van der Waals surface area contributed by atoms with Gasteiger partial charge in [0.1, 0.15) is 0 Å². The van der Waals surface area contributed by atoms with E-state index in [4.69, 9.17) is 9.47 Å². The minimum atomic E-state index is -0.294. The van der Waals surface area contributed by atoms with Gasteiger partial charge in [0, 0.05) is 16.8 Å². The lowest BCUT2D eigenvalue weighted by Gasteiger charge is -2.11. The van der Waals surface area contributed by atoms with Crippen LogP contribution in [-0.2, 0) is 0 Å². The van der Waals surface area contributed by atoms with Crippen molar-refractivity contribution in [2.45, 2.75) is 71.6 Å². The van der Waals surface area contributed by atoms with Gasteiger partial charge < -0.3 is 9.47 Å². The molecule has 0 aliphatic carbocycles. The Morgan fingerprint density at radius 1 is 0.667 bits per heavy atom. The summed E-state index contributed by atoms with van der Waals surface area (Å²) in [6, 6.07) is 11.2. The van der Waals surface area contributed by atoms with Crippen LogP contribution in [0.1, 0.15) is 71.6 Å². The van der Waals surface area contributed by atoms with Gasteiger partial charge in [-0.25, -0.2) is 9.37 Å². The Morgan fingerprint density at radius 3 is 2.07 bits per heavy atom. The lowest BCUT2D eigenvalue weighted by Crippen LogP contribution is -2.00. The third-order valence-corrected chi connectivity index (χ3v) is 5.49. The summed E-state index contributed by atoms with van der Waals surface area (Å²) in [5, 5.41) is 2.35. The van der Waals surface area contributed by atoms with Crippen LogP contribution in [0.2, 0.25) is 0 Å². The van der Waals surface area contributed by atoms with Crippen molar-refractivity contribution < 1.29 is 13.9 Å². The largest absolute Gasteiger partial charge is 0.490 e. The minimum absolute atomic E-state index is 0.294. The van der Waals surface area contributed by atoms with Crippen molar-refractivity contribution in [1.29, 1.82) is 0 Å². The highest BCUT2D eigenvalue weighted by atomic mass is 19.1. The predicted octanol–water partition coefficient (Wildman–Crippen LogP) is 7.84. The van der Waals surface area contributed by atoms with E-state index in [0.717, 1.165) is 35.6 Å². The summed E-state index contributed by atoms with van der Waals surface area (Å²) in [6.07, 6.45) is 10.5. The van der Waals surface area contributed by atoms with Crippen molar-refractivity contribution in [3.8, 4) is 11.6 Å². The van der Waals surface area contributed by atoms with Crippen molar-refractivity contribution >= 4 is 21.7 Å². The maximum absolute atomic E-state index is 15.0. The second-order valence-corrected chi connectivity index (χ2v) is 7.93. The van der Waals surface area contributed by atoms with E-state index in [0.29, 0.717) is 30.2 Å². The third kappa shape index (κ3) is 5.84. The van der Waals surface area contributed by atoms with Gasteiger partial charge in [-0.1, -0.05) is 58.8 Å². The Morgan fingerprint density at radius 2 is 1.30 bits per heavy atom. The number of hydrogen-bond acceptors (Lipinski definition) is 3. The number of ether oxygens (including phenoxy) is 2. The zero-order chi connectivity index (χ0) is 21.2. The van der Waals surface area contributed by atoms with Crippen molar-refractivity contribution in [3.05, 3.63) is 42.2 Å². The second kappa shape index (κ2) is 11.7. The number of unbranched alkanes of at least 4 members (excludes halogenated alkanes) is 7. The highest BCUT2D eigenvalue weighted by Crippen LogP contribution is 2.32. The van der Waals surface area contributed by atoms with E-state index in [1.165, 1.54) is 38.5 Å². The summed E-state index contributed by atoms with van der Waals surface area (Å²) in [6.45, 7) is 5.63. The minimum Gasteiger partial charge on any atom is -0.490 e. The first-order valence-corrected chi connectivity index (χ1v) is 11.5. The lowest BCUT2D eigenvalue weighted by atomic mass is 10.0. The quantitative estimate of drug-likeness (QED) is 0.212. The van der Waals surface area contributed by atoms with Crippen LogP contribution in [0.3, 0.4) is 0 Å². The normalized spacial score (nSPS) is 11.3. The molecule has 0 aliphatic rings. The number of aromatic nitrogens is 1. The van der Waals surface area contributed by atoms with Gasteiger partial charge in [0.05, 0.1) is 18.7 Å². The zero-order valence-corrected chi connectivity index (χ0v) is 18.4. The smallest absolute Gasteiger partial charge is 0.213 e. The van der Waals surface area contributed by atoms with E-state index in [-0.39, 0.29) is 5.82 Å². The van der Waals surface area contributed by atoms with Crippen LogP contribution in [0.25, 0.3) is 21.7 Å². The molecule has 3 aromatic rings. The molecule has 0 saturated carbocycles. The van der Waals surface area contributed by atoms with E-state index in [2.05, 4.69) is 18.8 Å². The molecule has 3 rings (SSSR count). The Bertz CT molecular complexity index is 941. The fourth-order valence-corrected chi connectivity index (χ4v) is 3.73. The topological polar surface area (TPSA) is 31.4 Å². The summed E-state index contributed by atoms with van der Waals surface area (Å²) in [4.78, 5) is 4.61. The summed E-state index contributed by atoms with van der Waals surface area (Å²) in [7, 11) is 0. The molecule has 2 aromatic carbocycles. The average Bonchev–Trinajstić information content (AvgIpc) is 2.77. The number of pyridine rings is 1. The van der Waals surface area contributed by atoms with Crippen LogP contribution in [0, 0.1) is 5.82 Å². The standard InChI is InChI=1S/C26H34FNO2/c1-3-5-7-9-11-19-30-25-17-14-21-20-13-16-24(29-18-10-8-6-4-2)26(27)22(20)12-15-23(21)28-25/h12-17H,3-11,18-19H2,1-2H3. The monoisotopic (exact) mass is 411 g/mol. The molecule has 0 saturated heterocycles. The number of fused-ring (bicyclic) bond motifs is 3. The van der Waals surface area contributed by atoms with E-state index < -0.39 is 0 Å². The number of benzene rings is 2. The Hall–Kier alpha value is -2.36. The van der Waals surface area contributed by atoms with Crippen LogP contribution >= 0.6 is 0 Å². The van der Waals surface area contributed by atoms with Crippen molar-refractivity contribution in [2.75, 3.05) is 13.2 Å². The zero-order valence-electron chi connectivity index (χ0n) is 18.4. The lowest BCUT2D eigenvalue weighted by molar-refractivity contribution is 0.292. The molecule has 0 spiro atoms. The Labute approximate surface area is 179 Å². The molecule has 0 unspecified atom stereocenters. The Kier molecular flexibility index (Phi) is 8.73. The number of hydrogen-bond donors (Lipinski definition) is 0. The summed E-state index contributed by atoms with van der Waals surface area (Å²) in [5.74, 6) is 0.663. The summed E-state index contributed by atoms with van der Waals surface area (Å²) in [5.41, 5.74) is 0.818. The second-order valence-electron chi connectivity index (χ2n) is 7.93. The SMILES string of the molecule is CCCCCCCOc1ccc2c(ccc3c(F)c(OCCCCCC)ccc32)n1. The molecule has 0 bridgehead atoms. The van der Waals surface area contributed by atoms with Gasteiger partial charge in [-0.3, -0.25) is 0 Å². The van der Waals surface area contributed by atoms with E-state index in [9.17, 15) is 4.39 Å². The molecule has 30 heavy (non-hydrogen) atoms. The molecule has 4 heteroatoms. The molecule has 0 atom stereocenters. The molecule has 1 aromatic heterocycles. The molecular weight excluding hydrogens is 377 g/mol. The number of halogens is 1. The highest BCUT2D eigenvalue weighted by Gasteiger charge is 2.12. The third-order valence-electron chi connectivity index (χ3n) is 5.49. The average molecular weight is 412 g/mol. The molecule has 0 fully saturated rings. The Balaban J connectivity index is 1.68. The highest BCUT2D eigenvalue weighted by molar-refractivity contribution is 6.06. The fourth-order valence-electron chi connectivity index (χ4n) is 3.73. The molecule has 0 amide bonds. The van der Waals surface area contributed by atoms with Crippen LogP contribution < -0.4 is 9.47 Å². The van der Waals surface area contributed by atoms with E-state index in [1.807, 2.05) is 24.3 Å². The molecule has 0 N–H and O–H groups in total. The first-order valence-electron chi connectivity index (χ1n) is 11.5. The predicted molar refractivity (Wildman–Crippen MR) is 123 cm³/mol. The van der Waals surface area contributed by atoms with Gasteiger partial charge in [0.15, 0.2) is 11.6 Å². The van der Waals surface area contributed by atoms with Gasteiger partial charge >= 0.3 is 0 Å². The van der Waals surface area contributed by atoms with Gasteiger partial charge in [0.2, 0.25) is 5.88 Å². The van der Waals surface area contributed by atoms with Crippen LogP contribution in [0.15, 0.2) is 36.4 Å². The summed E-state index contributed by atoms with van der Waals surface area (Å²) >= 11 is 0. The van der Waals surface area contributed by atoms with Crippen molar-refractivity contribution in [1.82, 2.24) is 4.98 Å². The fraction of sp³-hybridized carbons (Fsp3) is 0.500. The molecule has 0 radical (unpaired) electrons. The van der Waals surface area contributed by atoms with Crippen molar-refractivity contribution in [2.24, 2.45) is 0 Å². The van der Waals surface area contributed by atoms with Crippen molar-refractivity contribution in [3.63, 3.8) is 0 Å². The van der Waals surface area contributed by atoms with Crippen LogP contribution in [0.4, 0.5) is 4.39 Å².